The van der Waals surface area contributed by atoms with Crippen molar-refractivity contribution in [3.63, 3.8) is 0 Å². The molecular formula is C9H7NO2S2. The maximum absolute atomic E-state index is 11.0. The normalized spacial score (nSPS) is 10.4. The summed E-state index contributed by atoms with van der Waals surface area (Å²) in [6.45, 7) is 0. The third-order valence-electron chi connectivity index (χ3n) is 1.61. The Kier molecular flexibility index (Phi) is 2.69. The van der Waals surface area contributed by atoms with E-state index >= 15 is 0 Å². The molecule has 0 saturated heterocycles. The standard InChI is InChI=1S/C9H7NO2S2/c1-12-9(11)14-8-10-6-4-2-3-5-7(6)13-8/h2-5H,1H3. The number of aromatic nitrogens is 1. The highest BCUT2D eigenvalue weighted by Crippen LogP contribution is 2.29. The van der Waals surface area contributed by atoms with Gasteiger partial charge in [0.1, 0.15) is 0 Å². The van der Waals surface area contributed by atoms with Crippen molar-refractivity contribution in [1.29, 1.82) is 0 Å². The minimum absolute atomic E-state index is 0.330. The monoisotopic (exact) mass is 225 g/mol. The first-order chi connectivity index (χ1) is 6.79. The second-order valence-corrected chi connectivity index (χ2v) is 4.72. The number of nitrogens with zero attached hydrogens (tertiary/aromatic N) is 1. The van der Waals surface area contributed by atoms with E-state index in [-0.39, 0.29) is 5.30 Å². The third kappa shape index (κ3) is 1.88. The Balaban J connectivity index is 2.31. The zero-order chi connectivity index (χ0) is 9.97. The summed E-state index contributed by atoms with van der Waals surface area (Å²) in [7, 11) is 1.36. The zero-order valence-corrected chi connectivity index (χ0v) is 9.02. The molecule has 0 saturated carbocycles. The molecule has 0 spiro atoms. The predicted molar refractivity (Wildman–Crippen MR) is 57.9 cm³/mol. The largest absolute Gasteiger partial charge is 0.461 e. The van der Waals surface area contributed by atoms with Gasteiger partial charge in [-0.25, -0.2) is 9.78 Å². The molecule has 3 nitrogen and oxygen atoms in total. The van der Waals surface area contributed by atoms with Crippen molar-refractivity contribution in [2.45, 2.75) is 4.34 Å². The molecule has 0 atom stereocenters. The van der Waals surface area contributed by atoms with E-state index in [1.54, 1.807) is 0 Å². The van der Waals surface area contributed by atoms with Gasteiger partial charge in [-0.15, -0.1) is 11.3 Å². The smallest absolute Gasteiger partial charge is 0.374 e. The second kappa shape index (κ2) is 3.98. The molecule has 0 aliphatic rings. The van der Waals surface area contributed by atoms with E-state index in [1.807, 2.05) is 24.3 Å². The van der Waals surface area contributed by atoms with E-state index in [4.69, 9.17) is 0 Å². The molecule has 0 aliphatic carbocycles. The van der Waals surface area contributed by atoms with Gasteiger partial charge in [-0.3, -0.25) is 0 Å². The fourth-order valence-electron chi connectivity index (χ4n) is 1.01. The maximum atomic E-state index is 11.0. The number of fused-ring (bicyclic) bond motifs is 1. The van der Waals surface area contributed by atoms with E-state index in [0.29, 0.717) is 0 Å². The summed E-state index contributed by atoms with van der Waals surface area (Å²) in [5.41, 5.74) is 0.920. The van der Waals surface area contributed by atoms with Crippen LogP contribution in [0.1, 0.15) is 0 Å². The molecule has 2 rings (SSSR count). The topological polar surface area (TPSA) is 39.2 Å². The number of carbonyl (C=O) groups is 1. The average Bonchev–Trinajstić information content (AvgIpc) is 2.59. The fraction of sp³-hybridized carbons (Fsp3) is 0.111. The molecule has 72 valence electrons. The van der Waals surface area contributed by atoms with Crippen molar-refractivity contribution in [1.82, 2.24) is 4.98 Å². The molecule has 0 radical (unpaired) electrons. The third-order valence-corrected chi connectivity index (χ3v) is 3.54. The lowest BCUT2D eigenvalue weighted by molar-refractivity contribution is 0.200. The number of thioether (sulfide) groups is 1. The number of thiazole rings is 1. The lowest BCUT2D eigenvalue weighted by Crippen LogP contribution is -1.88. The van der Waals surface area contributed by atoms with Crippen LogP contribution in [0.15, 0.2) is 28.6 Å². The highest BCUT2D eigenvalue weighted by Gasteiger charge is 2.08. The fourth-order valence-corrected chi connectivity index (χ4v) is 2.71. The molecule has 14 heavy (non-hydrogen) atoms. The SMILES string of the molecule is COC(=O)Sc1nc2ccccc2s1. The quantitative estimate of drug-likeness (QED) is 0.552. The Hall–Kier alpha value is -1.07. The Morgan fingerprint density at radius 2 is 2.29 bits per heavy atom. The van der Waals surface area contributed by atoms with Crippen molar-refractivity contribution >= 4 is 38.6 Å². The van der Waals surface area contributed by atoms with E-state index < -0.39 is 0 Å². The number of methoxy groups -OCH3 is 1. The number of ether oxygens (including phenoxy) is 1. The van der Waals surface area contributed by atoms with Gasteiger partial charge >= 0.3 is 5.30 Å². The highest BCUT2D eigenvalue weighted by molar-refractivity contribution is 8.14. The lowest BCUT2D eigenvalue weighted by atomic mass is 10.3. The minimum Gasteiger partial charge on any atom is -0.461 e. The Labute approximate surface area is 89.1 Å². The van der Waals surface area contributed by atoms with Gasteiger partial charge in [-0.2, -0.15) is 0 Å². The first-order valence-corrected chi connectivity index (χ1v) is 5.54. The lowest BCUT2D eigenvalue weighted by Gasteiger charge is -1.91. The minimum atomic E-state index is -0.330. The van der Waals surface area contributed by atoms with Gasteiger partial charge in [0.05, 0.1) is 17.3 Å². The molecule has 1 heterocycles. The van der Waals surface area contributed by atoms with Crippen LogP contribution in [0.2, 0.25) is 0 Å². The second-order valence-electron chi connectivity index (χ2n) is 2.50. The molecule has 0 aliphatic heterocycles. The van der Waals surface area contributed by atoms with Crippen LogP contribution in [0.5, 0.6) is 0 Å². The van der Waals surface area contributed by atoms with E-state index in [9.17, 15) is 4.79 Å². The number of benzene rings is 1. The van der Waals surface area contributed by atoms with Crippen molar-refractivity contribution in [3.8, 4) is 0 Å². The van der Waals surface area contributed by atoms with Crippen molar-refractivity contribution in [3.05, 3.63) is 24.3 Å². The average molecular weight is 225 g/mol. The van der Waals surface area contributed by atoms with Crippen molar-refractivity contribution in [2.24, 2.45) is 0 Å². The molecule has 0 N–H and O–H groups in total. The molecule has 5 heteroatoms. The molecule has 2 aromatic rings. The molecule has 0 fully saturated rings. The molecule has 0 amide bonds. The Bertz CT molecular complexity index is 434. The molecule has 1 aromatic carbocycles. The van der Waals surface area contributed by atoms with Crippen LogP contribution in [-0.2, 0) is 4.74 Å². The number of hydrogen-bond donors (Lipinski definition) is 0. The zero-order valence-electron chi connectivity index (χ0n) is 7.39. The van der Waals surface area contributed by atoms with Crippen LogP contribution in [0.4, 0.5) is 4.79 Å². The van der Waals surface area contributed by atoms with E-state index in [1.165, 1.54) is 18.4 Å². The molecular weight excluding hydrogens is 218 g/mol. The van der Waals surface area contributed by atoms with Gasteiger partial charge in [-0.05, 0) is 12.1 Å². The van der Waals surface area contributed by atoms with Crippen LogP contribution < -0.4 is 0 Å². The number of hydrogen-bond acceptors (Lipinski definition) is 5. The molecule has 0 bridgehead atoms. The van der Waals surface area contributed by atoms with Gasteiger partial charge < -0.3 is 4.74 Å². The van der Waals surface area contributed by atoms with Crippen molar-refractivity contribution in [2.75, 3.05) is 7.11 Å². The summed E-state index contributed by atoms with van der Waals surface area (Å²) in [6.07, 6.45) is 0. The summed E-state index contributed by atoms with van der Waals surface area (Å²) in [5, 5.41) is -0.330. The summed E-state index contributed by atoms with van der Waals surface area (Å²) in [6, 6.07) is 7.78. The summed E-state index contributed by atoms with van der Waals surface area (Å²) < 4.78 is 6.34. The predicted octanol–water partition coefficient (Wildman–Crippen LogP) is 3.15. The van der Waals surface area contributed by atoms with E-state index in [2.05, 4.69) is 9.72 Å². The van der Waals surface area contributed by atoms with Crippen LogP contribution >= 0.6 is 23.1 Å². The van der Waals surface area contributed by atoms with Crippen molar-refractivity contribution < 1.29 is 9.53 Å². The summed E-state index contributed by atoms with van der Waals surface area (Å²) >= 11 is 2.51. The molecule has 0 unspecified atom stereocenters. The summed E-state index contributed by atoms with van der Waals surface area (Å²) in [5.74, 6) is 0. The van der Waals surface area contributed by atoms with Crippen LogP contribution in [0, 0.1) is 0 Å². The summed E-state index contributed by atoms with van der Waals surface area (Å²) in [4.78, 5) is 15.2. The Morgan fingerprint density at radius 3 is 3.00 bits per heavy atom. The first-order valence-electron chi connectivity index (χ1n) is 3.91. The number of rotatable bonds is 1. The van der Waals surface area contributed by atoms with Crippen LogP contribution in [0.3, 0.4) is 0 Å². The first kappa shape index (κ1) is 9.48. The van der Waals surface area contributed by atoms with Gasteiger partial charge in [0.15, 0.2) is 4.34 Å². The number of para-hydroxylation sites is 1. The van der Waals surface area contributed by atoms with Gasteiger partial charge in [0.2, 0.25) is 0 Å². The van der Waals surface area contributed by atoms with Crippen LogP contribution in [-0.4, -0.2) is 17.4 Å². The Morgan fingerprint density at radius 1 is 1.50 bits per heavy atom. The molecule has 1 aromatic heterocycles. The maximum Gasteiger partial charge on any atom is 0.374 e. The van der Waals surface area contributed by atoms with Crippen LogP contribution in [0.25, 0.3) is 10.2 Å². The van der Waals surface area contributed by atoms with Gasteiger partial charge in [0, 0.05) is 11.8 Å². The van der Waals surface area contributed by atoms with E-state index in [0.717, 1.165) is 26.3 Å². The highest BCUT2D eigenvalue weighted by atomic mass is 32.2. The van der Waals surface area contributed by atoms with Gasteiger partial charge in [-0.1, -0.05) is 12.1 Å². The van der Waals surface area contributed by atoms with Gasteiger partial charge in [0.25, 0.3) is 0 Å². The number of carbonyl (C=O) groups excluding carboxylic acids is 1.